The molecule has 1 fully saturated rings. The third-order valence-corrected chi connectivity index (χ3v) is 5.93. The molecule has 3 aromatic rings. The highest BCUT2D eigenvalue weighted by atomic mass is 19.1. The maximum absolute atomic E-state index is 13.8. The van der Waals surface area contributed by atoms with E-state index in [9.17, 15) is 19.1 Å². The van der Waals surface area contributed by atoms with Crippen LogP contribution in [0.2, 0.25) is 0 Å². The predicted molar refractivity (Wildman–Crippen MR) is 125 cm³/mol. The Labute approximate surface area is 191 Å². The molecule has 1 amide bonds. The van der Waals surface area contributed by atoms with Gasteiger partial charge in [0, 0.05) is 11.3 Å². The fraction of sp³-hybridized carbons (Fsp3) is 0.185. The van der Waals surface area contributed by atoms with E-state index in [0.29, 0.717) is 22.6 Å². The van der Waals surface area contributed by atoms with Gasteiger partial charge in [-0.3, -0.25) is 14.5 Å². The predicted octanol–water partition coefficient (Wildman–Crippen LogP) is 5.33. The molecule has 0 aromatic heterocycles. The Morgan fingerprint density at radius 3 is 2.27 bits per heavy atom. The summed E-state index contributed by atoms with van der Waals surface area (Å²) in [5, 5.41) is 11.1. The largest absolute Gasteiger partial charge is 0.507 e. The number of anilines is 1. The van der Waals surface area contributed by atoms with E-state index in [0.717, 1.165) is 12.0 Å². The number of aliphatic hydroxyl groups is 1. The number of carbonyl (C=O) groups is 2. The fourth-order valence-corrected chi connectivity index (χ4v) is 4.04. The third-order valence-electron chi connectivity index (χ3n) is 5.93. The van der Waals surface area contributed by atoms with Crippen LogP contribution in [-0.4, -0.2) is 23.9 Å². The lowest BCUT2D eigenvalue weighted by Gasteiger charge is -2.25. The van der Waals surface area contributed by atoms with Crippen molar-refractivity contribution in [1.82, 2.24) is 0 Å². The summed E-state index contributed by atoms with van der Waals surface area (Å²) >= 11 is 0. The van der Waals surface area contributed by atoms with Crippen LogP contribution in [0.1, 0.15) is 35.2 Å². The first-order valence-electron chi connectivity index (χ1n) is 10.7. The molecule has 1 unspecified atom stereocenters. The van der Waals surface area contributed by atoms with E-state index >= 15 is 0 Å². The number of rotatable bonds is 5. The molecule has 1 aliphatic rings. The molecule has 4 rings (SSSR count). The van der Waals surface area contributed by atoms with Gasteiger partial charge >= 0.3 is 0 Å². The van der Waals surface area contributed by atoms with Gasteiger partial charge in [0.05, 0.1) is 18.7 Å². The topological polar surface area (TPSA) is 66.8 Å². The summed E-state index contributed by atoms with van der Waals surface area (Å²) in [4.78, 5) is 27.8. The zero-order chi connectivity index (χ0) is 23.7. The van der Waals surface area contributed by atoms with E-state index in [2.05, 4.69) is 0 Å². The lowest BCUT2D eigenvalue weighted by atomic mass is 9.94. The first-order chi connectivity index (χ1) is 15.8. The number of amides is 1. The Morgan fingerprint density at radius 2 is 1.70 bits per heavy atom. The van der Waals surface area contributed by atoms with Crippen molar-refractivity contribution in [2.75, 3.05) is 12.0 Å². The molecule has 168 valence electrons. The minimum absolute atomic E-state index is 0.0456. The number of aryl methyl sites for hydroxylation is 2. The Kier molecular flexibility index (Phi) is 6.01. The van der Waals surface area contributed by atoms with E-state index in [4.69, 9.17) is 4.74 Å². The quantitative estimate of drug-likeness (QED) is 0.327. The number of hydrogen-bond acceptors (Lipinski definition) is 4. The van der Waals surface area contributed by atoms with Crippen molar-refractivity contribution >= 4 is 23.1 Å². The van der Waals surface area contributed by atoms with Gasteiger partial charge in [-0.05, 0) is 72.5 Å². The van der Waals surface area contributed by atoms with Gasteiger partial charge in [0.1, 0.15) is 17.3 Å². The van der Waals surface area contributed by atoms with Crippen LogP contribution in [0.4, 0.5) is 10.1 Å². The molecule has 3 aromatic carbocycles. The molecule has 1 N–H and O–H groups in total. The van der Waals surface area contributed by atoms with E-state index in [1.54, 1.807) is 50.4 Å². The normalized spacial score (nSPS) is 17.5. The summed E-state index contributed by atoms with van der Waals surface area (Å²) in [5.41, 5.74) is 2.82. The Bertz CT molecular complexity index is 1250. The van der Waals surface area contributed by atoms with Crippen molar-refractivity contribution in [3.05, 3.63) is 100 Å². The highest BCUT2D eigenvalue weighted by Crippen LogP contribution is 2.42. The van der Waals surface area contributed by atoms with E-state index in [-0.39, 0.29) is 16.9 Å². The highest BCUT2D eigenvalue weighted by Gasteiger charge is 2.47. The molecule has 5 nitrogen and oxygen atoms in total. The molecule has 0 aliphatic carbocycles. The molecular formula is C27H24FNO4. The molecule has 1 atom stereocenters. The number of hydrogen-bond donors (Lipinski definition) is 1. The lowest BCUT2D eigenvalue weighted by Crippen LogP contribution is -2.29. The number of nitrogens with zero attached hydrogens (tertiary/aromatic N) is 1. The molecule has 0 saturated carbocycles. The average molecular weight is 445 g/mol. The molecule has 1 aliphatic heterocycles. The number of ether oxygens (including phenoxy) is 1. The van der Waals surface area contributed by atoms with Crippen LogP contribution in [0, 0.1) is 12.7 Å². The lowest BCUT2D eigenvalue weighted by molar-refractivity contribution is -0.132. The minimum atomic E-state index is -0.853. The molecule has 0 bridgehead atoms. The fourth-order valence-electron chi connectivity index (χ4n) is 4.04. The van der Waals surface area contributed by atoms with Gasteiger partial charge < -0.3 is 9.84 Å². The number of benzene rings is 3. The van der Waals surface area contributed by atoms with Gasteiger partial charge in [0.25, 0.3) is 11.7 Å². The van der Waals surface area contributed by atoms with Gasteiger partial charge in [-0.2, -0.15) is 0 Å². The van der Waals surface area contributed by atoms with Gasteiger partial charge in [-0.1, -0.05) is 31.2 Å². The van der Waals surface area contributed by atoms with E-state index in [1.165, 1.54) is 23.1 Å². The molecule has 0 radical (unpaired) electrons. The van der Waals surface area contributed by atoms with E-state index < -0.39 is 23.5 Å². The number of carbonyl (C=O) groups excluding carboxylic acids is 2. The summed E-state index contributed by atoms with van der Waals surface area (Å²) in [6.07, 6.45) is 0.838. The van der Waals surface area contributed by atoms with Crippen LogP contribution in [0.5, 0.6) is 5.75 Å². The first-order valence-corrected chi connectivity index (χ1v) is 10.7. The number of Topliss-reactive ketones (excluding diaryl/α,β-unsaturated/α-hetero) is 1. The van der Waals surface area contributed by atoms with Crippen LogP contribution in [0.3, 0.4) is 0 Å². The van der Waals surface area contributed by atoms with Crippen LogP contribution >= 0.6 is 0 Å². The molecule has 1 saturated heterocycles. The zero-order valence-electron chi connectivity index (χ0n) is 18.6. The van der Waals surface area contributed by atoms with Crippen molar-refractivity contribution < 1.29 is 23.8 Å². The highest BCUT2D eigenvalue weighted by molar-refractivity contribution is 6.51. The van der Waals surface area contributed by atoms with E-state index in [1.807, 2.05) is 19.1 Å². The average Bonchev–Trinajstić information content (AvgIpc) is 3.10. The van der Waals surface area contributed by atoms with Gasteiger partial charge in [-0.25, -0.2) is 4.39 Å². The minimum Gasteiger partial charge on any atom is -0.507 e. The SMILES string of the molecule is CCc1ccc(N2C(=O)C(=O)/C(=C(\O)c3ccc(F)c(C)c3)C2c2ccc(OC)cc2)cc1. The second kappa shape index (κ2) is 8.90. The Balaban J connectivity index is 1.92. The standard InChI is InChI=1S/C27H24FNO4/c1-4-17-5-10-20(11-6-17)29-24(18-7-12-21(33-3)13-8-18)23(26(31)27(29)32)25(30)19-9-14-22(28)16(2)15-19/h5-15,24,30H,4H2,1-3H3/b25-23-. The summed E-state index contributed by atoms with van der Waals surface area (Å²) in [6.45, 7) is 3.60. The van der Waals surface area contributed by atoms with Crippen molar-refractivity contribution in [3.63, 3.8) is 0 Å². The molecule has 33 heavy (non-hydrogen) atoms. The first kappa shape index (κ1) is 22.3. The summed E-state index contributed by atoms with van der Waals surface area (Å²) in [5.74, 6) is -1.67. The molecule has 1 heterocycles. The van der Waals surface area contributed by atoms with Gasteiger partial charge in [0.2, 0.25) is 0 Å². The zero-order valence-corrected chi connectivity index (χ0v) is 18.6. The van der Waals surface area contributed by atoms with Gasteiger partial charge in [0.15, 0.2) is 0 Å². The second-order valence-electron chi connectivity index (χ2n) is 7.93. The monoisotopic (exact) mass is 445 g/mol. The number of aliphatic hydroxyl groups excluding tert-OH is 1. The second-order valence-corrected chi connectivity index (χ2v) is 7.93. The number of halogens is 1. The van der Waals surface area contributed by atoms with Crippen LogP contribution in [-0.2, 0) is 16.0 Å². The maximum Gasteiger partial charge on any atom is 0.300 e. The Hall–Kier alpha value is -3.93. The van der Waals surface area contributed by atoms with Crippen molar-refractivity contribution in [1.29, 1.82) is 0 Å². The smallest absolute Gasteiger partial charge is 0.300 e. The molecule has 6 heteroatoms. The van der Waals surface area contributed by atoms with Crippen molar-refractivity contribution in [2.45, 2.75) is 26.3 Å². The molecular weight excluding hydrogens is 421 g/mol. The third kappa shape index (κ3) is 4.00. The van der Waals surface area contributed by atoms with Crippen LogP contribution in [0.15, 0.2) is 72.3 Å². The molecule has 0 spiro atoms. The summed E-state index contributed by atoms with van der Waals surface area (Å²) < 4.78 is 19.0. The number of methoxy groups -OCH3 is 1. The Morgan fingerprint density at radius 1 is 1.03 bits per heavy atom. The van der Waals surface area contributed by atoms with Crippen LogP contribution in [0.25, 0.3) is 5.76 Å². The number of ketones is 1. The summed E-state index contributed by atoms with van der Waals surface area (Å²) in [6, 6.07) is 17.6. The van der Waals surface area contributed by atoms with Crippen LogP contribution < -0.4 is 9.64 Å². The summed E-state index contributed by atoms with van der Waals surface area (Å²) in [7, 11) is 1.55. The van der Waals surface area contributed by atoms with Gasteiger partial charge in [-0.15, -0.1) is 0 Å². The maximum atomic E-state index is 13.8. The van der Waals surface area contributed by atoms with Crippen molar-refractivity contribution in [2.24, 2.45) is 0 Å². The van der Waals surface area contributed by atoms with Crippen molar-refractivity contribution in [3.8, 4) is 5.75 Å².